The minimum atomic E-state index is 0.907. The van der Waals surface area contributed by atoms with Crippen LogP contribution in [0.25, 0.3) is 32.2 Å². The lowest BCUT2D eigenvalue weighted by Crippen LogP contribution is -1.87. The fourth-order valence-electron chi connectivity index (χ4n) is 2.65. The lowest BCUT2D eigenvalue weighted by Gasteiger charge is -2.08. The Morgan fingerprint density at radius 2 is 1.52 bits per heavy atom. The number of para-hydroxylation sites is 1. The molecule has 2 nitrogen and oxygen atoms in total. The average Bonchev–Trinajstić information content (AvgIpc) is 3.03. The van der Waals surface area contributed by atoms with Gasteiger partial charge in [0.1, 0.15) is 0 Å². The standard InChI is InChI=1S/C18H13NOS/c1-20-17-11-10-16(21-17)18-14-8-3-2-6-12(14)13-7-4-5-9-15(13)19-18/h2-11H,1H3. The van der Waals surface area contributed by atoms with Gasteiger partial charge in [-0.25, -0.2) is 4.98 Å². The first-order chi connectivity index (χ1) is 10.4. The summed E-state index contributed by atoms with van der Waals surface area (Å²) in [6, 6.07) is 20.8. The van der Waals surface area contributed by atoms with Gasteiger partial charge in [0.15, 0.2) is 5.06 Å². The number of benzene rings is 2. The summed E-state index contributed by atoms with van der Waals surface area (Å²) < 4.78 is 5.31. The van der Waals surface area contributed by atoms with E-state index < -0.39 is 0 Å². The van der Waals surface area contributed by atoms with Crippen molar-refractivity contribution < 1.29 is 4.74 Å². The molecule has 4 rings (SSSR count). The largest absolute Gasteiger partial charge is 0.487 e. The molecule has 2 aromatic heterocycles. The van der Waals surface area contributed by atoms with E-state index in [1.807, 2.05) is 12.1 Å². The summed E-state index contributed by atoms with van der Waals surface area (Å²) in [7, 11) is 1.70. The molecule has 4 aromatic rings. The van der Waals surface area contributed by atoms with Crippen molar-refractivity contribution in [3.8, 4) is 15.6 Å². The Morgan fingerprint density at radius 1 is 0.810 bits per heavy atom. The van der Waals surface area contributed by atoms with Gasteiger partial charge in [-0.1, -0.05) is 53.8 Å². The van der Waals surface area contributed by atoms with Gasteiger partial charge in [-0.15, -0.1) is 0 Å². The van der Waals surface area contributed by atoms with Crippen LogP contribution in [0.2, 0.25) is 0 Å². The zero-order chi connectivity index (χ0) is 14.2. The Labute approximate surface area is 126 Å². The van der Waals surface area contributed by atoms with Crippen LogP contribution in [0.3, 0.4) is 0 Å². The number of thiophene rings is 1. The van der Waals surface area contributed by atoms with Gasteiger partial charge in [0, 0.05) is 10.8 Å². The van der Waals surface area contributed by atoms with E-state index in [-0.39, 0.29) is 0 Å². The van der Waals surface area contributed by atoms with E-state index in [1.165, 1.54) is 16.2 Å². The third kappa shape index (κ3) is 1.98. The number of ether oxygens (including phenoxy) is 1. The fourth-order valence-corrected chi connectivity index (χ4v) is 3.47. The summed E-state index contributed by atoms with van der Waals surface area (Å²) in [5.74, 6) is 0. The van der Waals surface area contributed by atoms with Gasteiger partial charge in [0.25, 0.3) is 0 Å². The predicted molar refractivity (Wildman–Crippen MR) is 89.1 cm³/mol. The van der Waals surface area contributed by atoms with Gasteiger partial charge in [-0.05, 0) is 23.6 Å². The highest BCUT2D eigenvalue weighted by atomic mass is 32.1. The fraction of sp³-hybridized carbons (Fsp3) is 0.0556. The van der Waals surface area contributed by atoms with E-state index in [0.29, 0.717) is 0 Å². The van der Waals surface area contributed by atoms with E-state index in [2.05, 4.69) is 48.5 Å². The number of aromatic nitrogens is 1. The van der Waals surface area contributed by atoms with Crippen LogP contribution in [-0.4, -0.2) is 12.1 Å². The number of hydrogen-bond donors (Lipinski definition) is 0. The Morgan fingerprint density at radius 3 is 2.29 bits per heavy atom. The van der Waals surface area contributed by atoms with Gasteiger partial charge < -0.3 is 4.74 Å². The molecule has 0 radical (unpaired) electrons. The first-order valence-electron chi connectivity index (χ1n) is 6.78. The van der Waals surface area contributed by atoms with Crippen molar-refractivity contribution in [2.75, 3.05) is 7.11 Å². The van der Waals surface area contributed by atoms with E-state index in [0.717, 1.165) is 21.2 Å². The van der Waals surface area contributed by atoms with E-state index in [9.17, 15) is 0 Å². The molecule has 0 spiro atoms. The van der Waals surface area contributed by atoms with Gasteiger partial charge >= 0.3 is 0 Å². The number of rotatable bonds is 2. The summed E-state index contributed by atoms with van der Waals surface area (Å²) in [6.07, 6.45) is 0. The number of hydrogen-bond acceptors (Lipinski definition) is 3. The third-order valence-corrected chi connectivity index (χ3v) is 4.68. The molecule has 2 aromatic carbocycles. The molecule has 0 atom stereocenters. The molecule has 3 heteroatoms. The lowest BCUT2D eigenvalue weighted by atomic mass is 10.0. The minimum absolute atomic E-state index is 0.907. The number of methoxy groups -OCH3 is 1. The second-order valence-corrected chi connectivity index (χ2v) is 5.89. The summed E-state index contributed by atoms with van der Waals surface area (Å²) in [4.78, 5) is 6.01. The topological polar surface area (TPSA) is 22.1 Å². The second-order valence-electron chi connectivity index (χ2n) is 4.85. The van der Waals surface area contributed by atoms with Crippen LogP contribution >= 0.6 is 11.3 Å². The molecule has 0 unspecified atom stereocenters. The molecule has 0 aliphatic carbocycles. The second kappa shape index (κ2) is 4.86. The highest BCUT2D eigenvalue weighted by Crippen LogP contribution is 2.37. The maximum Gasteiger partial charge on any atom is 0.173 e. The van der Waals surface area contributed by atoms with Crippen LogP contribution in [0.15, 0.2) is 60.7 Å². The van der Waals surface area contributed by atoms with Crippen molar-refractivity contribution in [2.45, 2.75) is 0 Å². The molecule has 21 heavy (non-hydrogen) atoms. The van der Waals surface area contributed by atoms with Crippen molar-refractivity contribution in [1.82, 2.24) is 4.98 Å². The summed E-state index contributed by atoms with van der Waals surface area (Å²) in [5, 5.41) is 4.52. The van der Waals surface area contributed by atoms with Crippen molar-refractivity contribution in [2.24, 2.45) is 0 Å². The highest BCUT2D eigenvalue weighted by molar-refractivity contribution is 7.17. The zero-order valence-corrected chi connectivity index (χ0v) is 12.4. The number of fused-ring (bicyclic) bond motifs is 3. The van der Waals surface area contributed by atoms with Gasteiger partial charge in [0.2, 0.25) is 0 Å². The van der Waals surface area contributed by atoms with Crippen LogP contribution in [0.5, 0.6) is 5.06 Å². The number of nitrogens with zero attached hydrogens (tertiary/aromatic N) is 1. The summed E-state index contributed by atoms with van der Waals surface area (Å²) in [6.45, 7) is 0. The molecule has 0 aliphatic heterocycles. The van der Waals surface area contributed by atoms with Crippen molar-refractivity contribution in [1.29, 1.82) is 0 Å². The van der Waals surface area contributed by atoms with E-state index in [1.54, 1.807) is 18.4 Å². The zero-order valence-electron chi connectivity index (χ0n) is 11.5. The van der Waals surface area contributed by atoms with E-state index >= 15 is 0 Å². The molecule has 0 bridgehead atoms. The predicted octanol–water partition coefficient (Wildman–Crippen LogP) is 5.13. The Bertz CT molecular complexity index is 942. The molecular formula is C18H13NOS. The number of pyridine rings is 1. The molecule has 0 aliphatic rings. The smallest absolute Gasteiger partial charge is 0.173 e. The summed E-state index contributed by atoms with van der Waals surface area (Å²) >= 11 is 1.62. The molecule has 0 fully saturated rings. The first-order valence-corrected chi connectivity index (χ1v) is 7.60. The van der Waals surface area contributed by atoms with Crippen molar-refractivity contribution >= 4 is 33.0 Å². The van der Waals surface area contributed by atoms with Crippen LogP contribution in [0.4, 0.5) is 0 Å². The van der Waals surface area contributed by atoms with Crippen LogP contribution in [-0.2, 0) is 0 Å². The Balaban J connectivity index is 2.11. The first kappa shape index (κ1) is 12.4. The molecule has 0 saturated carbocycles. The third-order valence-electron chi connectivity index (χ3n) is 3.62. The molecule has 0 amide bonds. The quantitative estimate of drug-likeness (QED) is 0.478. The Hall–Kier alpha value is -2.39. The van der Waals surface area contributed by atoms with Crippen molar-refractivity contribution in [3.63, 3.8) is 0 Å². The van der Waals surface area contributed by atoms with Crippen LogP contribution in [0.1, 0.15) is 0 Å². The maximum absolute atomic E-state index is 5.31. The normalized spacial score (nSPS) is 11.1. The molecule has 0 saturated heterocycles. The molecular weight excluding hydrogens is 278 g/mol. The highest BCUT2D eigenvalue weighted by Gasteiger charge is 2.11. The monoisotopic (exact) mass is 291 g/mol. The molecule has 0 N–H and O–H groups in total. The van der Waals surface area contributed by atoms with E-state index in [4.69, 9.17) is 9.72 Å². The molecule has 102 valence electrons. The average molecular weight is 291 g/mol. The summed E-state index contributed by atoms with van der Waals surface area (Å²) in [5.41, 5.74) is 2.05. The van der Waals surface area contributed by atoms with Gasteiger partial charge in [0.05, 0.1) is 23.2 Å². The van der Waals surface area contributed by atoms with Gasteiger partial charge in [-0.3, -0.25) is 0 Å². The maximum atomic E-state index is 5.31. The molecule has 2 heterocycles. The Kier molecular flexibility index (Phi) is 2.86. The lowest BCUT2D eigenvalue weighted by molar-refractivity contribution is 0.427. The van der Waals surface area contributed by atoms with Crippen LogP contribution in [0, 0.1) is 0 Å². The SMILES string of the molecule is COc1ccc(-c2nc3ccccc3c3ccccc23)s1. The van der Waals surface area contributed by atoms with Crippen molar-refractivity contribution in [3.05, 3.63) is 60.7 Å². The van der Waals surface area contributed by atoms with Gasteiger partial charge in [-0.2, -0.15) is 0 Å². The minimum Gasteiger partial charge on any atom is -0.487 e. The van der Waals surface area contributed by atoms with Crippen LogP contribution < -0.4 is 4.74 Å².